The molecule has 0 amide bonds. The van der Waals surface area contributed by atoms with Gasteiger partial charge < -0.3 is 9.15 Å². The van der Waals surface area contributed by atoms with Gasteiger partial charge in [0.05, 0.1) is 18.9 Å². The van der Waals surface area contributed by atoms with Gasteiger partial charge in [-0.15, -0.1) is 0 Å². The molecular formula is C12H8F2O3. The molecule has 2 aromatic rings. The highest BCUT2D eigenvalue weighted by Crippen LogP contribution is 2.27. The van der Waals surface area contributed by atoms with Crippen LogP contribution in [0.3, 0.4) is 0 Å². The molecule has 1 heterocycles. The number of carbonyl (C=O) groups excluding carboxylic acids is 1. The summed E-state index contributed by atoms with van der Waals surface area (Å²) in [5.74, 6) is -2.81. The van der Waals surface area contributed by atoms with Gasteiger partial charge in [-0.05, 0) is 24.3 Å². The van der Waals surface area contributed by atoms with Crippen molar-refractivity contribution in [2.75, 3.05) is 7.11 Å². The second-order valence-electron chi connectivity index (χ2n) is 3.25. The molecular weight excluding hydrogens is 230 g/mol. The zero-order valence-corrected chi connectivity index (χ0v) is 8.87. The minimum Gasteiger partial charge on any atom is -0.465 e. The van der Waals surface area contributed by atoms with Crippen LogP contribution in [0.15, 0.2) is 34.9 Å². The average Bonchev–Trinajstić information content (AvgIpc) is 2.82. The number of furan rings is 1. The Morgan fingerprint density at radius 1 is 1.29 bits per heavy atom. The summed E-state index contributed by atoms with van der Waals surface area (Å²) in [7, 11) is 1.06. The van der Waals surface area contributed by atoms with Gasteiger partial charge >= 0.3 is 5.97 Å². The van der Waals surface area contributed by atoms with Gasteiger partial charge in [-0.1, -0.05) is 0 Å². The summed E-state index contributed by atoms with van der Waals surface area (Å²) in [4.78, 5) is 11.2. The van der Waals surface area contributed by atoms with E-state index in [9.17, 15) is 13.6 Å². The summed E-state index contributed by atoms with van der Waals surface area (Å²) in [6, 6.07) is 5.27. The van der Waals surface area contributed by atoms with Crippen molar-refractivity contribution in [1.82, 2.24) is 0 Å². The standard InChI is InChI=1S/C12H8F2O3/c1-16-12(15)10-8(13)5-4-7(11(10)14)9-3-2-6-17-9/h2-6H,1H3. The van der Waals surface area contributed by atoms with Crippen LogP contribution in [-0.4, -0.2) is 13.1 Å². The Balaban J connectivity index is 2.62. The Morgan fingerprint density at radius 3 is 2.65 bits per heavy atom. The molecule has 1 aromatic carbocycles. The van der Waals surface area contributed by atoms with E-state index in [1.165, 1.54) is 18.4 Å². The van der Waals surface area contributed by atoms with Crippen molar-refractivity contribution in [1.29, 1.82) is 0 Å². The first kappa shape index (κ1) is 11.3. The number of esters is 1. The first-order chi connectivity index (χ1) is 8.15. The van der Waals surface area contributed by atoms with Crippen molar-refractivity contribution in [2.45, 2.75) is 0 Å². The maximum absolute atomic E-state index is 13.9. The van der Waals surface area contributed by atoms with E-state index in [0.29, 0.717) is 0 Å². The number of hydrogen-bond acceptors (Lipinski definition) is 3. The molecule has 0 aliphatic rings. The maximum atomic E-state index is 13.9. The molecule has 0 radical (unpaired) electrons. The van der Waals surface area contributed by atoms with Gasteiger partial charge in [-0.25, -0.2) is 13.6 Å². The van der Waals surface area contributed by atoms with Gasteiger partial charge in [0.15, 0.2) is 5.82 Å². The van der Waals surface area contributed by atoms with E-state index in [1.54, 1.807) is 6.07 Å². The van der Waals surface area contributed by atoms with Crippen molar-refractivity contribution in [2.24, 2.45) is 0 Å². The number of halogens is 2. The first-order valence-electron chi connectivity index (χ1n) is 4.75. The van der Waals surface area contributed by atoms with Crippen LogP contribution in [0.1, 0.15) is 10.4 Å². The van der Waals surface area contributed by atoms with Gasteiger partial charge in [-0.2, -0.15) is 0 Å². The summed E-state index contributed by atoms with van der Waals surface area (Å²) < 4.78 is 36.6. The molecule has 0 aliphatic carbocycles. The third-order valence-electron chi connectivity index (χ3n) is 2.27. The fraction of sp³-hybridized carbons (Fsp3) is 0.0833. The van der Waals surface area contributed by atoms with Crippen LogP contribution < -0.4 is 0 Å². The highest BCUT2D eigenvalue weighted by atomic mass is 19.1. The minimum absolute atomic E-state index is 0.0109. The Morgan fingerprint density at radius 2 is 2.06 bits per heavy atom. The van der Waals surface area contributed by atoms with Gasteiger partial charge in [0.25, 0.3) is 0 Å². The molecule has 17 heavy (non-hydrogen) atoms. The van der Waals surface area contributed by atoms with Crippen molar-refractivity contribution in [3.05, 3.63) is 47.7 Å². The lowest BCUT2D eigenvalue weighted by molar-refractivity contribution is 0.0590. The van der Waals surface area contributed by atoms with Crippen LogP contribution in [-0.2, 0) is 4.74 Å². The van der Waals surface area contributed by atoms with E-state index < -0.39 is 23.2 Å². The number of ether oxygens (including phenoxy) is 1. The van der Waals surface area contributed by atoms with E-state index in [1.807, 2.05) is 0 Å². The number of carbonyl (C=O) groups is 1. The summed E-state index contributed by atoms with van der Waals surface area (Å²) >= 11 is 0. The molecule has 0 spiro atoms. The van der Waals surface area contributed by atoms with Crippen LogP contribution in [0.4, 0.5) is 8.78 Å². The number of methoxy groups -OCH3 is 1. The SMILES string of the molecule is COC(=O)c1c(F)ccc(-c2ccco2)c1F. The molecule has 0 bridgehead atoms. The average molecular weight is 238 g/mol. The van der Waals surface area contributed by atoms with E-state index in [-0.39, 0.29) is 11.3 Å². The van der Waals surface area contributed by atoms with Crippen molar-refractivity contribution >= 4 is 5.97 Å². The Labute approximate surface area is 95.6 Å². The largest absolute Gasteiger partial charge is 0.465 e. The lowest BCUT2D eigenvalue weighted by Gasteiger charge is -2.06. The maximum Gasteiger partial charge on any atom is 0.343 e. The minimum atomic E-state index is -1.06. The monoisotopic (exact) mass is 238 g/mol. The van der Waals surface area contributed by atoms with Crippen molar-refractivity contribution < 1.29 is 22.7 Å². The lowest BCUT2D eigenvalue weighted by atomic mass is 10.1. The third-order valence-corrected chi connectivity index (χ3v) is 2.27. The molecule has 5 heteroatoms. The second kappa shape index (κ2) is 4.37. The quantitative estimate of drug-likeness (QED) is 0.755. The fourth-order valence-corrected chi connectivity index (χ4v) is 1.46. The summed E-state index contributed by atoms with van der Waals surface area (Å²) in [5, 5.41) is 0. The van der Waals surface area contributed by atoms with E-state index in [0.717, 1.165) is 13.2 Å². The van der Waals surface area contributed by atoms with Gasteiger partial charge in [0, 0.05) is 0 Å². The molecule has 1 aromatic heterocycles. The molecule has 3 nitrogen and oxygen atoms in total. The van der Waals surface area contributed by atoms with Gasteiger partial charge in [-0.3, -0.25) is 0 Å². The van der Waals surface area contributed by atoms with Crippen molar-refractivity contribution in [3.63, 3.8) is 0 Å². The molecule has 0 fully saturated rings. The number of hydrogen-bond donors (Lipinski definition) is 0. The Hall–Kier alpha value is -2.17. The molecule has 0 atom stereocenters. The van der Waals surface area contributed by atoms with Crippen LogP contribution >= 0.6 is 0 Å². The van der Waals surface area contributed by atoms with E-state index in [4.69, 9.17) is 4.42 Å². The number of benzene rings is 1. The van der Waals surface area contributed by atoms with E-state index >= 15 is 0 Å². The molecule has 0 saturated heterocycles. The molecule has 2 rings (SSSR count). The molecule has 0 aliphatic heterocycles. The van der Waals surface area contributed by atoms with Gasteiger partial charge in [0.2, 0.25) is 0 Å². The van der Waals surface area contributed by atoms with Crippen molar-refractivity contribution in [3.8, 4) is 11.3 Å². The molecule has 88 valence electrons. The predicted molar refractivity (Wildman–Crippen MR) is 55.4 cm³/mol. The normalized spacial score (nSPS) is 10.3. The highest BCUT2D eigenvalue weighted by molar-refractivity contribution is 5.91. The summed E-state index contributed by atoms with van der Waals surface area (Å²) in [6.07, 6.45) is 1.36. The van der Waals surface area contributed by atoms with Gasteiger partial charge in [0.1, 0.15) is 17.1 Å². The highest BCUT2D eigenvalue weighted by Gasteiger charge is 2.22. The van der Waals surface area contributed by atoms with Crippen LogP contribution in [0.25, 0.3) is 11.3 Å². The second-order valence-corrected chi connectivity index (χ2v) is 3.25. The third kappa shape index (κ3) is 1.91. The molecule has 0 unspecified atom stereocenters. The van der Waals surface area contributed by atoms with Crippen LogP contribution in [0, 0.1) is 11.6 Å². The molecule has 0 saturated carbocycles. The zero-order chi connectivity index (χ0) is 12.4. The number of rotatable bonds is 2. The summed E-state index contributed by atoms with van der Waals surface area (Å²) in [5.41, 5.74) is -0.710. The smallest absolute Gasteiger partial charge is 0.343 e. The molecule has 0 N–H and O–H groups in total. The lowest BCUT2D eigenvalue weighted by Crippen LogP contribution is -2.08. The fourth-order valence-electron chi connectivity index (χ4n) is 1.46. The Kier molecular flexibility index (Phi) is 2.91. The first-order valence-corrected chi connectivity index (χ1v) is 4.75. The van der Waals surface area contributed by atoms with Crippen LogP contribution in [0.5, 0.6) is 0 Å². The predicted octanol–water partition coefficient (Wildman–Crippen LogP) is 3.01. The van der Waals surface area contributed by atoms with Crippen LogP contribution in [0.2, 0.25) is 0 Å². The topological polar surface area (TPSA) is 39.4 Å². The van der Waals surface area contributed by atoms with E-state index in [2.05, 4.69) is 4.74 Å². The Bertz CT molecular complexity index is 547. The zero-order valence-electron chi connectivity index (χ0n) is 8.87. The summed E-state index contributed by atoms with van der Waals surface area (Å²) in [6.45, 7) is 0.